The number of likely N-dealkylation sites (tertiary alicyclic amines) is 1. The topological polar surface area (TPSA) is 222 Å². The quantitative estimate of drug-likeness (QED) is 0.149. The van der Waals surface area contributed by atoms with Crippen molar-refractivity contribution in [2.75, 3.05) is 69.6 Å². The van der Waals surface area contributed by atoms with Crippen molar-refractivity contribution in [3.05, 3.63) is 83.2 Å². The minimum atomic E-state index is -0.357. The van der Waals surface area contributed by atoms with E-state index in [1.165, 1.54) is 33.7 Å². The average molecular weight is 713 g/mol. The number of nitrogen functional groups attached to an aromatic ring is 2. The minimum absolute atomic E-state index is 0.0250. The molecule has 2 saturated heterocycles. The van der Waals surface area contributed by atoms with Crippen LogP contribution in [0.3, 0.4) is 0 Å². The molecule has 52 heavy (non-hydrogen) atoms. The Morgan fingerprint density at radius 3 is 1.75 bits per heavy atom. The number of nitrogens with two attached hydrogens (primary N) is 2. The van der Waals surface area contributed by atoms with Crippen LogP contribution in [0.25, 0.3) is 0 Å². The van der Waals surface area contributed by atoms with Crippen LogP contribution < -0.4 is 36.9 Å². The molecule has 2 aromatic carbocycles. The van der Waals surface area contributed by atoms with Gasteiger partial charge in [-0.15, -0.1) is 0 Å². The van der Waals surface area contributed by atoms with E-state index in [0.29, 0.717) is 47.6 Å². The second-order valence-corrected chi connectivity index (χ2v) is 12.1. The van der Waals surface area contributed by atoms with Crippen LogP contribution in [0.4, 0.5) is 28.3 Å². The molecule has 2 unspecified atom stereocenters. The number of hydrogen-bond donors (Lipinski definition) is 5. The maximum absolute atomic E-state index is 12.8. The number of piperidine rings is 2. The molecular weight excluding hydrogens is 668 g/mol. The lowest BCUT2D eigenvalue weighted by Gasteiger charge is -2.32. The van der Waals surface area contributed by atoms with Crippen LogP contribution in [0.2, 0.25) is 0 Å². The van der Waals surface area contributed by atoms with E-state index in [1.807, 2.05) is 0 Å². The Kier molecular flexibility index (Phi) is 12.7. The number of rotatable bonds is 10. The number of ether oxygens (including phenoxy) is 3. The van der Waals surface area contributed by atoms with Crippen LogP contribution in [0, 0.1) is 0 Å². The lowest BCUT2D eigenvalue weighted by Crippen LogP contribution is -2.45. The van der Waals surface area contributed by atoms with Gasteiger partial charge < -0.3 is 46.5 Å². The van der Waals surface area contributed by atoms with Crippen molar-refractivity contribution in [2.24, 2.45) is 0 Å². The van der Waals surface area contributed by atoms with Crippen LogP contribution in [0.15, 0.2) is 60.9 Å². The molecule has 2 atom stereocenters. The summed E-state index contributed by atoms with van der Waals surface area (Å²) in [6.45, 7) is 3.04. The molecule has 2 aromatic heterocycles. The van der Waals surface area contributed by atoms with Gasteiger partial charge in [0.15, 0.2) is 0 Å². The van der Waals surface area contributed by atoms with Crippen molar-refractivity contribution in [1.29, 1.82) is 0 Å². The van der Waals surface area contributed by atoms with E-state index in [2.05, 4.69) is 35.9 Å². The third-order valence-electron chi connectivity index (χ3n) is 8.65. The molecule has 4 heterocycles. The zero-order valence-corrected chi connectivity index (χ0v) is 29.4. The van der Waals surface area contributed by atoms with E-state index < -0.39 is 0 Å². The van der Waals surface area contributed by atoms with Gasteiger partial charge in [0.2, 0.25) is 23.5 Å². The largest absolute Gasteiger partial charge is 0.496 e. The molecule has 0 aliphatic carbocycles. The number of aromatic nitrogens is 4. The van der Waals surface area contributed by atoms with Crippen molar-refractivity contribution in [3.8, 4) is 11.5 Å². The third kappa shape index (κ3) is 9.19. The predicted octanol–water partition coefficient (Wildman–Crippen LogP) is 3.40. The fourth-order valence-electron chi connectivity index (χ4n) is 5.96. The Bertz CT molecular complexity index is 1870. The van der Waals surface area contributed by atoms with Gasteiger partial charge in [-0.25, -0.2) is 14.8 Å². The number of benzene rings is 2. The van der Waals surface area contributed by atoms with Crippen molar-refractivity contribution in [2.45, 2.75) is 37.8 Å². The smallest absolute Gasteiger partial charge is 0.409 e. The average Bonchev–Trinajstić information content (AvgIpc) is 3.18. The molecule has 1 amide bonds. The molecule has 4 aromatic rings. The highest BCUT2D eigenvalue weighted by molar-refractivity contribution is 6.13. The second kappa shape index (κ2) is 17.8. The van der Waals surface area contributed by atoms with Gasteiger partial charge in [-0.05, 0) is 56.5 Å². The highest BCUT2D eigenvalue weighted by Crippen LogP contribution is 2.25. The highest BCUT2D eigenvalue weighted by Gasteiger charge is 2.26. The summed E-state index contributed by atoms with van der Waals surface area (Å²) in [6, 6.07) is 14.2. The SMILES string of the molecule is COC(=O)N1CCCC(Nc2ncc(C(=O)c3ccccc3OC)c(N)n2)C1.COc1ccccc1C(=O)c1cnc(NC2CCCNC2)nc1N. The lowest BCUT2D eigenvalue weighted by molar-refractivity contribution is 0.102. The van der Waals surface area contributed by atoms with Gasteiger partial charge in [-0.1, -0.05) is 24.3 Å². The Hall–Kier alpha value is -6.03. The van der Waals surface area contributed by atoms with Gasteiger partial charge in [0.05, 0.1) is 43.6 Å². The summed E-state index contributed by atoms with van der Waals surface area (Å²) in [7, 11) is 4.39. The summed E-state index contributed by atoms with van der Waals surface area (Å²) in [6.07, 6.45) is 6.38. The number of nitrogens with zero attached hydrogens (tertiary/aromatic N) is 5. The maximum Gasteiger partial charge on any atom is 0.409 e. The number of carbonyl (C=O) groups excluding carboxylic acids is 3. The van der Waals surface area contributed by atoms with Crippen molar-refractivity contribution in [3.63, 3.8) is 0 Å². The Morgan fingerprint density at radius 1 is 0.750 bits per heavy atom. The number of carbonyl (C=O) groups is 3. The first-order valence-corrected chi connectivity index (χ1v) is 16.9. The number of methoxy groups -OCH3 is 3. The zero-order valence-electron chi connectivity index (χ0n) is 29.4. The third-order valence-corrected chi connectivity index (χ3v) is 8.65. The van der Waals surface area contributed by atoms with E-state index in [0.717, 1.165) is 38.8 Å². The number of anilines is 4. The minimum Gasteiger partial charge on any atom is -0.496 e. The molecule has 274 valence electrons. The first-order valence-electron chi connectivity index (χ1n) is 16.9. The van der Waals surface area contributed by atoms with Gasteiger partial charge in [0, 0.05) is 44.1 Å². The summed E-state index contributed by atoms with van der Waals surface area (Å²) in [5, 5.41) is 9.74. The molecule has 2 fully saturated rings. The fraction of sp³-hybridized carbons (Fsp3) is 0.361. The lowest BCUT2D eigenvalue weighted by atomic mass is 10.0. The monoisotopic (exact) mass is 712 g/mol. The van der Waals surface area contributed by atoms with Crippen LogP contribution in [-0.4, -0.2) is 102 Å². The van der Waals surface area contributed by atoms with Gasteiger partial charge >= 0.3 is 6.09 Å². The van der Waals surface area contributed by atoms with E-state index >= 15 is 0 Å². The molecule has 16 nitrogen and oxygen atoms in total. The first kappa shape index (κ1) is 37.2. The number of hydrogen-bond acceptors (Lipinski definition) is 15. The number of ketones is 2. The van der Waals surface area contributed by atoms with Crippen LogP contribution in [0.1, 0.15) is 57.5 Å². The second-order valence-electron chi connectivity index (χ2n) is 12.1. The molecule has 7 N–H and O–H groups in total. The van der Waals surface area contributed by atoms with Crippen molar-refractivity contribution >= 4 is 41.2 Å². The molecule has 16 heteroatoms. The van der Waals surface area contributed by atoms with Gasteiger partial charge in [0.1, 0.15) is 23.1 Å². The predicted molar refractivity (Wildman–Crippen MR) is 196 cm³/mol. The molecule has 0 bridgehead atoms. The van der Waals surface area contributed by atoms with E-state index in [1.54, 1.807) is 53.4 Å². The molecule has 0 radical (unpaired) electrons. The Morgan fingerprint density at radius 2 is 1.27 bits per heavy atom. The number of amides is 1. The standard InChI is InChI=1S/C19H23N5O4.C17H21N5O2/c1-27-15-8-4-3-7-13(15)16(25)14-10-21-18(23-17(14)20)22-12-6-5-9-24(11-12)19(26)28-2;1-24-14-7-3-2-6-12(14)15(23)13-10-20-17(22-16(13)18)21-11-5-4-8-19-9-11/h3-4,7-8,10,12H,5-6,9,11H2,1-2H3,(H3,20,21,22,23);2-3,6-7,10-11,19H,4-5,8-9H2,1H3,(H3,18,20,21,22). The van der Waals surface area contributed by atoms with Gasteiger partial charge in [0.25, 0.3) is 0 Å². The van der Waals surface area contributed by atoms with Gasteiger partial charge in [-0.3, -0.25) is 9.59 Å². The van der Waals surface area contributed by atoms with Gasteiger partial charge in [-0.2, -0.15) is 9.97 Å². The highest BCUT2D eigenvalue weighted by atomic mass is 16.5. The van der Waals surface area contributed by atoms with Crippen LogP contribution in [0.5, 0.6) is 11.5 Å². The Balaban J connectivity index is 0.000000203. The zero-order chi connectivity index (χ0) is 37.0. The molecule has 6 rings (SSSR count). The van der Waals surface area contributed by atoms with E-state index in [-0.39, 0.29) is 52.5 Å². The number of nitrogens with one attached hydrogen (secondary N) is 3. The molecular formula is C36H44N10O6. The summed E-state index contributed by atoms with van der Waals surface area (Å²) in [5.41, 5.74) is 13.3. The Labute approximate surface area is 301 Å². The maximum atomic E-state index is 12.8. The first-order chi connectivity index (χ1) is 25.2. The van der Waals surface area contributed by atoms with Crippen molar-refractivity contribution in [1.82, 2.24) is 30.2 Å². The summed E-state index contributed by atoms with van der Waals surface area (Å²) in [5.74, 6) is 1.38. The molecule has 2 aliphatic rings. The summed E-state index contributed by atoms with van der Waals surface area (Å²) in [4.78, 5) is 55.7. The van der Waals surface area contributed by atoms with E-state index in [9.17, 15) is 14.4 Å². The van der Waals surface area contributed by atoms with Crippen LogP contribution >= 0.6 is 0 Å². The normalized spacial score (nSPS) is 16.8. The fourth-order valence-corrected chi connectivity index (χ4v) is 5.96. The molecule has 0 saturated carbocycles. The molecule has 2 aliphatic heterocycles. The summed E-state index contributed by atoms with van der Waals surface area (Å²) >= 11 is 0. The summed E-state index contributed by atoms with van der Waals surface area (Å²) < 4.78 is 15.2. The van der Waals surface area contributed by atoms with Crippen LogP contribution in [-0.2, 0) is 4.74 Å². The van der Waals surface area contributed by atoms with Crippen molar-refractivity contribution < 1.29 is 28.6 Å². The number of para-hydroxylation sites is 2. The molecule has 0 spiro atoms. The van der Waals surface area contributed by atoms with E-state index in [4.69, 9.17) is 25.7 Å².